The van der Waals surface area contributed by atoms with Gasteiger partial charge in [0, 0.05) is 0 Å². The zero-order valence-electron chi connectivity index (χ0n) is 9.97. The van der Waals surface area contributed by atoms with Gasteiger partial charge in [-0.3, -0.25) is 0 Å². The maximum Gasteiger partial charge on any atom is 0.340 e. The molecule has 0 aliphatic heterocycles. The third-order valence-electron chi connectivity index (χ3n) is 2.39. The minimum Gasteiger partial charge on any atom is -0.462 e. The highest BCUT2D eigenvalue weighted by atomic mass is 32.1. The summed E-state index contributed by atoms with van der Waals surface area (Å²) in [5.41, 5.74) is 7.82. The number of anilines is 3. The fourth-order valence-electron chi connectivity index (χ4n) is 1.55. The van der Waals surface area contributed by atoms with Crippen molar-refractivity contribution in [3.05, 3.63) is 41.3 Å². The molecule has 0 saturated carbocycles. The van der Waals surface area contributed by atoms with Gasteiger partial charge in [0.1, 0.15) is 5.00 Å². The molecule has 0 unspecified atom stereocenters. The number of hydrogen-bond donors (Lipinski definition) is 2. The summed E-state index contributed by atoms with van der Waals surface area (Å²) < 4.78 is 5.01. The van der Waals surface area contributed by atoms with E-state index in [1.807, 2.05) is 23.6 Å². The molecule has 2 rings (SSSR count). The monoisotopic (exact) mass is 262 g/mol. The fraction of sp³-hybridized carbons (Fsp3) is 0.154. The molecule has 5 heteroatoms. The van der Waals surface area contributed by atoms with E-state index in [2.05, 4.69) is 5.32 Å². The second-order valence-electron chi connectivity index (χ2n) is 3.59. The molecule has 2 aromatic rings. The number of carbonyl (C=O) groups is 1. The van der Waals surface area contributed by atoms with Gasteiger partial charge in [0.05, 0.1) is 23.5 Å². The average Bonchev–Trinajstić information content (AvgIpc) is 2.76. The molecule has 0 aliphatic rings. The van der Waals surface area contributed by atoms with Crippen molar-refractivity contribution in [3.63, 3.8) is 0 Å². The predicted octanol–water partition coefficient (Wildman–Crippen LogP) is 3.25. The van der Waals surface area contributed by atoms with E-state index < -0.39 is 0 Å². The molecule has 1 heterocycles. The zero-order chi connectivity index (χ0) is 13.0. The Labute approximate surface area is 109 Å². The van der Waals surface area contributed by atoms with Gasteiger partial charge in [-0.25, -0.2) is 4.79 Å². The predicted molar refractivity (Wildman–Crippen MR) is 74.4 cm³/mol. The van der Waals surface area contributed by atoms with Crippen LogP contribution < -0.4 is 11.1 Å². The van der Waals surface area contributed by atoms with E-state index in [1.54, 1.807) is 19.1 Å². The molecule has 0 amide bonds. The number of para-hydroxylation sites is 1. The Morgan fingerprint density at radius 1 is 1.33 bits per heavy atom. The van der Waals surface area contributed by atoms with E-state index in [1.165, 1.54) is 11.3 Å². The van der Waals surface area contributed by atoms with Crippen molar-refractivity contribution >= 4 is 33.7 Å². The minimum absolute atomic E-state index is 0.339. The van der Waals surface area contributed by atoms with Crippen LogP contribution in [-0.4, -0.2) is 12.6 Å². The van der Waals surface area contributed by atoms with E-state index >= 15 is 0 Å². The van der Waals surface area contributed by atoms with Crippen LogP contribution in [-0.2, 0) is 4.74 Å². The summed E-state index contributed by atoms with van der Waals surface area (Å²) in [5.74, 6) is -0.339. The maximum absolute atomic E-state index is 11.8. The van der Waals surface area contributed by atoms with E-state index in [4.69, 9.17) is 10.5 Å². The molecule has 4 nitrogen and oxygen atoms in total. The number of benzene rings is 1. The molecule has 1 aromatic carbocycles. The molecule has 18 heavy (non-hydrogen) atoms. The highest BCUT2D eigenvalue weighted by Gasteiger charge is 2.12. The van der Waals surface area contributed by atoms with E-state index in [0.717, 1.165) is 5.69 Å². The van der Waals surface area contributed by atoms with Crippen molar-refractivity contribution in [1.29, 1.82) is 0 Å². The lowest BCUT2D eigenvalue weighted by atomic mass is 10.1. The number of ether oxygens (including phenoxy) is 1. The third kappa shape index (κ3) is 2.62. The summed E-state index contributed by atoms with van der Waals surface area (Å²) in [4.78, 5) is 11.8. The standard InChI is InChI=1S/C13H14N2O2S/c1-2-17-13(16)9-5-3-4-6-10(9)15-11-7-8-18-12(11)14/h3-8,15H,2,14H2,1H3. The van der Waals surface area contributed by atoms with Gasteiger partial charge in [0.2, 0.25) is 0 Å². The number of nitrogens with two attached hydrogens (primary N) is 1. The van der Waals surface area contributed by atoms with Crippen LogP contribution in [0.3, 0.4) is 0 Å². The summed E-state index contributed by atoms with van der Waals surface area (Å²) in [5, 5.41) is 5.73. The highest BCUT2D eigenvalue weighted by molar-refractivity contribution is 7.14. The van der Waals surface area contributed by atoms with Gasteiger partial charge in [0.15, 0.2) is 0 Å². The molecule has 0 radical (unpaired) electrons. The Balaban J connectivity index is 2.28. The van der Waals surface area contributed by atoms with Crippen LogP contribution in [0.5, 0.6) is 0 Å². The quantitative estimate of drug-likeness (QED) is 0.830. The first-order valence-electron chi connectivity index (χ1n) is 5.58. The van der Waals surface area contributed by atoms with E-state index in [0.29, 0.717) is 22.9 Å². The number of thiophene rings is 1. The number of hydrogen-bond acceptors (Lipinski definition) is 5. The van der Waals surface area contributed by atoms with Crippen LogP contribution in [0.4, 0.5) is 16.4 Å². The number of carbonyl (C=O) groups excluding carboxylic acids is 1. The van der Waals surface area contributed by atoms with Gasteiger partial charge in [-0.1, -0.05) is 12.1 Å². The first-order valence-corrected chi connectivity index (χ1v) is 6.46. The second-order valence-corrected chi connectivity index (χ2v) is 4.54. The molecule has 0 spiro atoms. The largest absolute Gasteiger partial charge is 0.462 e. The SMILES string of the molecule is CCOC(=O)c1ccccc1Nc1ccsc1N. The lowest BCUT2D eigenvalue weighted by molar-refractivity contribution is 0.0527. The fourth-order valence-corrected chi connectivity index (χ4v) is 2.15. The van der Waals surface area contributed by atoms with E-state index in [-0.39, 0.29) is 5.97 Å². The molecular weight excluding hydrogens is 248 g/mol. The molecule has 94 valence electrons. The first-order chi connectivity index (χ1) is 8.72. The van der Waals surface area contributed by atoms with Gasteiger partial charge in [0.25, 0.3) is 0 Å². The van der Waals surface area contributed by atoms with Gasteiger partial charge in [-0.2, -0.15) is 0 Å². The Morgan fingerprint density at radius 3 is 2.78 bits per heavy atom. The highest BCUT2D eigenvalue weighted by Crippen LogP contribution is 2.29. The first kappa shape index (κ1) is 12.4. The minimum atomic E-state index is -0.339. The lowest BCUT2D eigenvalue weighted by Gasteiger charge is -2.10. The van der Waals surface area contributed by atoms with Gasteiger partial charge in [-0.05, 0) is 30.5 Å². The zero-order valence-corrected chi connectivity index (χ0v) is 10.8. The summed E-state index contributed by atoms with van der Waals surface area (Å²) in [7, 11) is 0. The summed E-state index contributed by atoms with van der Waals surface area (Å²) in [6, 6.07) is 9.08. The van der Waals surface area contributed by atoms with E-state index in [9.17, 15) is 4.79 Å². The number of nitrogens with one attached hydrogen (secondary N) is 1. The van der Waals surface area contributed by atoms with Crippen LogP contribution in [0.25, 0.3) is 0 Å². The second kappa shape index (κ2) is 5.55. The van der Waals surface area contributed by atoms with Gasteiger partial charge in [-0.15, -0.1) is 11.3 Å². The van der Waals surface area contributed by atoms with Crippen LogP contribution in [0.2, 0.25) is 0 Å². The van der Waals surface area contributed by atoms with Crippen molar-refractivity contribution in [2.45, 2.75) is 6.92 Å². The van der Waals surface area contributed by atoms with Crippen LogP contribution in [0.1, 0.15) is 17.3 Å². The van der Waals surface area contributed by atoms with Gasteiger partial charge >= 0.3 is 5.97 Å². The summed E-state index contributed by atoms with van der Waals surface area (Å²) >= 11 is 1.45. The Bertz CT molecular complexity index is 551. The molecule has 3 N–H and O–H groups in total. The van der Waals surface area contributed by atoms with Crippen molar-refractivity contribution in [2.75, 3.05) is 17.7 Å². The van der Waals surface area contributed by atoms with Crippen molar-refractivity contribution < 1.29 is 9.53 Å². The molecule has 0 saturated heterocycles. The van der Waals surface area contributed by atoms with Gasteiger partial charge < -0.3 is 15.8 Å². The Morgan fingerprint density at radius 2 is 2.11 bits per heavy atom. The topological polar surface area (TPSA) is 64.3 Å². The average molecular weight is 262 g/mol. The van der Waals surface area contributed by atoms with Crippen LogP contribution >= 0.6 is 11.3 Å². The summed E-state index contributed by atoms with van der Waals surface area (Å²) in [6.45, 7) is 2.14. The number of rotatable bonds is 4. The van der Waals surface area contributed by atoms with Crippen LogP contribution in [0, 0.1) is 0 Å². The number of nitrogen functional groups attached to an aromatic ring is 1. The molecular formula is C13H14N2O2S. The Hall–Kier alpha value is -2.01. The molecule has 0 fully saturated rings. The third-order valence-corrected chi connectivity index (χ3v) is 3.13. The molecule has 1 aromatic heterocycles. The normalized spacial score (nSPS) is 10.1. The van der Waals surface area contributed by atoms with Crippen LogP contribution in [0.15, 0.2) is 35.7 Å². The summed E-state index contributed by atoms with van der Waals surface area (Å²) in [6.07, 6.45) is 0. The van der Waals surface area contributed by atoms with Crippen molar-refractivity contribution in [2.24, 2.45) is 0 Å². The van der Waals surface area contributed by atoms with Crippen molar-refractivity contribution in [1.82, 2.24) is 0 Å². The molecule has 0 atom stereocenters. The molecule has 0 bridgehead atoms. The van der Waals surface area contributed by atoms with Crippen molar-refractivity contribution in [3.8, 4) is 0 Å². The number of esters is 1. The maximum atomic E-state index is 11.8. The molecule has 0 aliphatic carbocycles. The lowest BCUT2D eigenvalue weighted by Crippen LogP contribution is -2.07. The Kier molecular flexibility index (Phi) is 3.84. The smallest absolute Gasteiger partial charge is 0.340 e.